The van der Waals surface area contributed by atoms with Crippen LogP contribution < -0.4 is 5.32 Å². The van der Waals surface area contributed by atoms with Crippen molar-refractivity contribution in [3.05, 3.63) is 80.0 Å². The van der Waals surface area contributed by atoms with Gasteiger partial charge in [-0.1, -0.05) is 82.1 Å². The lowest BCUT2D eigenvalue weighted by Crippen LogP contribution is -2.46. The molecule has 1 aliphatic carbocycles. The Labute approximate surface area is 255 Å². The molecule has 2 atom stereocenters. The number of carbonyl (C=O) groups is 1. The van der Waals surface area contributed by atoms with Gasteiger partial charge in [0.15, 0.2) is 5.69 Å². The van der Waals surface area contributed by atoms with Crippen LogP contribution in [0.1, 0.15) is 95.5 Å². The summed E-state index contributed by atoms with van der Waals surface area (Å²) in [4.78, 5) is 13.7. The van der Waals surface area contributed by atoms with E-state index >= 15 is 0 Å². The van der Waals surface area contributed by atoms with Crippen molar-refractivity contribution in [1.82, 2.24) is 15.1 Å². The van der Waals surface area contributed by atoms with Crippen molar-refractivity contribution in [3.63, 3.8) is 0 Å². The van der Waals surface area contributed by atoms with E-state index in [-0.39, 0.29) is 24.8 Å². The van der Waals surface area contributed by atoms with Crippen LogP contribution in [0.25, 0.3) is 17.3 Å². The number of aromatic nitrogens is 2. The van der Waals surface area contributed by atoms with E-state index in [4.69, 9.17) is 39.9 Å². The second kappa shape index (κ2) is 12.3. The van der Waals surface area contributed by atoms with Gasteiger partial charge in [0, 0.05) is 21.7 Å². The summed E-state index contributed by atoms with van der Waals surface area (Å²) < 4.78 is 1.75. The van der Waals surface area contributed by atoms with Gasteiger partial charge in [-0.2, -0.15) is 5.10 Å². The third-order valence-corrected chi connectivity index (χ3v) is 9.38. The second-order valence-corrected chi connectivity index (χ2v) is 13.6. The van der Waals surface area contributed by atoms with Gasteiger partial charge in [0.2, 0.25) is 0 Å². The average Bonchev–Trinajstić information content (AvgIpc) is 3.40. The first-order valence-corrected chi connectivity index (χ1v) is 14.6. The molecule has 3 aromatic rings. The smallest absolute Gasteiger partial charge is 0.272 e. The zero-order chi connectivity index (χ0) is 28.7. The minimum atomic E-state index is -0.185. The van der Waals surface area contributed by atoms with Gasteiger partial charge in [-0.25, -0.2) is 4.68 Å². The highest BCUT2D eigenvalue weighted by Crippen LogP contribution is 2.49. The molecule has 1 amide bonds. The van der Waals surface area contributed by atoms with Gasteiger partial charge < -0.3 is 5.32 Å². The summed E-state index contributed by atoms with van der Waals surface area (Å²) in [5.41, 5.74) is 4.87. The molecule has 1 aliphatic rings. The van der Waals surface area contributed by atoms with Crippen LogP contribution in [0.3, 0.4) is 0 Å². The monoisotopic (exact) mass is 601 g/mol. The predicted molar refractivity (Wildman–Crippen MR) is 172 cm³/mol. The molecule has 0 bridgehead atoms. The molecule has 0 saturated heterocycles. The Bertz CT molecular complexity index is 1400. The Hall–Kier alpha value is -2.27. The molecule has 1 unspecified atom stereocenters. The maximum absolute atomic E-state index is 13.7. The molecule has 0 radical (unpaired) electrons. The SMILES string of the molecule is C.C/C(=C\c1ccc(Cl)cc1)c1c(C)c(C(=O)N[C@H](C)C(C)(C)C2CCC(C)(C)C2)nn1-c1ccc(Cl)cc1Cl. The number of hydrogen-bond donors (Lipinski definition) is 1. The lowest BCUT2D eigenvalue weighted by molar-refractivity contribution is 0.0840. The highest BCUT2D eigenvalue weighted by atomic mass is 35.5. The maximum atomic E-state index is 13.7. The van der Waals surface area contributed by atoms with E-state index in [0.29, 0.717) is 37.8 Å². The Kier molecular flexibility index (Phi) is 9.92. The summed E-state index contributed by atoms with van der Waals surface area (Å²) in [6.07, 6.45) is 5.62. The van der Waals surface area contributed by atoms with Crippen LogP contribution in [-0.4, -0.2) is 21.7 Å². The number of amides is 1. The highest BCUT2D eigenvalue weighted by Gasteiger charge is 2.43. The van der Waals surface area contributed by atoms with Crippen LogP contribution in [-0.2, 0) is 0 Å². The van der Waals surface area contributed by atoms with E-state index in [1.165, 1.54) is 19.3 Å². The van der Waals surface area contributed by atoms with Crippen molar-refractivity contribution in [3.8, 4) is 5.69 Å². The molecular weight excluding hydrogens is 561 g/mol. The largest absolute Gasteiger partial charge is 0.348 e. The molecule has 1 saturated carbocycles. The molecule has 1 N–H and O–H groups in total. The van der Waals surface area contributed by atoms with Crippen molar-refractivity contribution >= 4 is 52.4 Å². The van der Waals surface area contributed by atoms with E-state index in [9.17, 15) is 4.79 Å². The second-order valence-electron chi connectivity index (χ2n) is 12.3. The Morgan fingerprint density at radius 3 is 2.33 bits per heavy atom. The molecule has 1 aromatic heterocycles. The third kappa shape index (κ3) is 6.78. The lowest BCUT2D eigenvalue weighted by atomic mass is 9.71. The van der Waals surface area contributed by atoms with Crippen molar-refractivity contribution in [1.29, 1.82) is 0 Å². The summed E-state index contributed by atoms with van der Waals surface area (Å²) in [7, 11) is 0. The number of nitrogens with zero attached hydrogens (tertiary/aromatic N) is 2. The Balaban J connectivity index is 0.00000441. The molecular formula is C33H42Cl3N3O. The van der Waals surface area contributed by atoms with Gasteiger partial charge in [0.25, 0.3) is 5.91 Å². The van der Waals surface area contributed by atoms with Crippen LogP contribution in [0, 0.1) is 23.7 Å². The molecule has 4 nitrogen and oxygen atoms in total. The average molecular weight is 603 g/mol. The van der Waals surface area contributed by atoms with Crippen molar-refractivity contribution in [2.45, 2.75) is 81.2 Å². The van der Waals surface area contributed by atoms with E-state index in [0.717, 1.165) is 22.4 Å². The highest BCUT2D eigenvalue weighted by molar-refractivity contribution is 6.35. The number of rotatable bonds is 7. The molecule has 1 heterocycles. The van der Waals surface area contributed by atoms with Gasteiger partial charge in [-0.15, -0.1) is 0 Å². The maximum Gasteiger partial charge on any atom is 0.272 e. The van der Waals surface area contributed by atoms with Crippen molar-refractivity contribution in [2.24, 2.45) is 16.7 Å². The van der Waals surface area contributed by atoms with Gasteiger partial charge >= 0.3 is 0 Å². The number of halogens is 3. The molecule has 0 aliphatic heterocycles. The summed E-state index contributed by atoms with van der Waals surface area (Å²) >= 11 is 18.9. The fourth-order valence-corrected chi connectivity index (χ4v) is 6.37. The number of carbonyl (C=O) groups excluding carboxylic acids is 1. The van der Waals surface area contributed by atoms with Gasteiger partial charge in [-0.3, -0.25) is 4.79 Å². The van der Waals surface area contributed by atoms with E-state index < -0.39 is 0 Å². The van der Waals surface area contributed by atoms with Crippen LogP contribution >= 0.6 is 34.8 Å². The third-order valence-electron chi connectivity index (χ3n) is 8.59. The molecule has 0 spiro atoms. The first kappa shape index (κ1) is 32.2. The van der Waals surface area contributed by atoms with Gasteiger partial charge in [0.05, 0.1) is 16.4 Å². The summed E-state index contributed by atoms with van der Waals surface area (Å²) in [6.45, 7) is 15.3. The van der Waals surface area contributed by atoms with E-state index in [1.54, 1.807) is 16.8 Å². The van der Waals surface area contributed by atoms with E-state index in [2.05, 4.69) is 46.0 Å². The number of nitrogens with one attached hydrogen (secondary N) is 1. The van der Waals surface area contributed by atoms with Gasteiger partial charge in [0.1, 0.15) is 0 Å². The van der Waals surface area contributed by atoms with Crippen LogP contribution in [0.2, 0.25) is 15.1 Å². The Morgan fingerprint density at radius 2 is 1.75 bits per heavy atom. The van der Waals surface area contributed by atoms with Crippen LogP contribution in [0.15, 0.2) is 42.5 Å². The normalized spacial score (nSPS) is 17.9. The topological polar surface area (TPSA) is 46.9 Å². The summed E-state index contributed by atoms with van der Waals surface area (Å²) in [5.74, 6) is 0.365. The summed E-state index contributed by atoms with van der Waals surface area (Å²) in [6, 6.07) is 12.9. The quantitative estimate of drug-likeness (QED) is 0.292. The Morgan fingerprint density at radius 1 is 1.12 bits per heavy atom. The number of hydrogen-bond acceptors (Lipinski definition) is 2. The zero-order valence-electron chi connectivity index (χ0n) is 23.8. The predicted octanol–water partition coefficient (Wildman–Crippen LogP) is 10.3. The number of benzene rings is 2. The molecule has 2 aromatic carbocycles. The molecule has 4 rings (SSSR count). The minimum absolute atomic E-state index is 0. The van der Waals surface area contributed by atoms with Crippen molar-refractivity contribution < 1.29 is 4.79 Å². The standard InChI is InChI=1S/C32H38Cl3N3O.CH4/c1-19(16-22-8-10-24(33)11-9-22)29-20(2)28(37-38(29)27-13-12-25(34)17-26(27)35)30(39)36-21(3)32(6,7)23-14-15-31(4,5)18-23;/h8-13,16-17,21,23H,14-15,18H2,1-7H3,(H,36,39);1H4/b19-16+;/t21-,23?;/m1./s1. The molecule has 216 valence electrons. The van der Waals surface area contributed by atoms with Crippen LogP contribution in [0.5, 0.6) is 0 Å². The summed E-state index contributed by atoms with van der Waals surface area (Å²) in [5, 5.41) is 9.77. The number of allylic oxidation sites excluding steroid dienone is 1. The lowest BCUT2D eigenvalue weighted by Gasteiger charge is -2.38. The zero-order valence-corrected chi connectivity index (χ0v) is 26.1. The van der Waals surface area contributed by atoms with Crippen molar-refractivity contribution in [2.75, 3.05) is 0 Å². The minimum Gasteiger partial charge on any atom is -0.348 e. The fourth-order valence-electron chi connectivity index (χ4n) is 5.75. The molecule has 1 fully saturated rings. The first-order chi connectivity index (χ1) is 18.2. The van der Waals surface area contributed by atoms with Gasteiger partial charge in [-0.05, 0) is 104 Å². The molecule has 40 heavy (non-hydrogen) atoms. The fraction of sp³-hybridized carbons (Fsp3) is 0.455. The van der Waals surface area contributed by atoms with Crippen LogP contribution in [0.4, 0.5) is 0 Å². The molecule has 7 heteroatoms. The van der Waals surface area contributed by atoms with E-state index in [1.807, 2.05) is 44.2 Å². The first-order valence-electron chi connectivity index (χ1n) is 13.5.